The smallest absolute Gasteiger partial charge is 0.233 e. The number of rotatable bonds is 4. The summed E-state index contributed by atoms with van der Waals surface area (Å²) in [6.07, 6.45) is 3.35. The molecule has 1 aliphatic carbocycles. The highest BCUT2D eigenvalue weighted by Crippen LogP contribution is 2.36. The molecule has 0 bridgehead atoms. The number of carbonyl (C=O) groups is 1. The van der Waals surface area contributed by atoms with Crippen LogP contribution in [0.5, 0.6) is 0 Å². The summed E-state index contributed by atoms with van der Waals surface area (Å²) < 4.78 is 1.82. The Labute approximate surface area is 115 Å². The van der Waals surface area contributed by atoms with Gasteiger partial charge in [-0.2, -0.15) is 0 Å². The number of hydrogen-bond acceptors (Lipinski definition) is 6. The van der Waals surface area contributed by atoms with Gasteiger partial charge in [0.2, 0.25) is 11.1 Å². The van der Waals surface area contributed by atoms with Gasteiger partial charge < -0.3 is 10.0 Å². The number of aliphatic hydroxyl groups is 1. The molecule has 1 saturated heterocycles. The average molecular weight is 283 g/mol. The Bertz CT molecular complexity index is 454. The van der Waals surface area contributed by atoms with E-state index in [-0.39, 0.29) is 12.0 Å². The third kappa shape index (κ3) is 3.06. The molecule has 19 heavy (non-hydrogen) atoms. The molecular formula is C11H17N5O2S. The summed E-state index contributed by atoms with van der Waals surface area (Å²) in [5.41, 5.74) is 0. The van der Waals surface area contributed by atoms with E-state index in [4.69, 9.17) is 0 Å². The van der Waals surface area contributed by atoms with Gasteiger partial charge in [0.25, 0.3) is 0 Å². The normalized spacial score (nSPS) is 20.8. The topological polar surface area (TPSA) is 84.1 Å². The predicted molar refractivity (Wildman–Crippen MR) is 68.6 cm³/mol. The number of carbonyl (C=O) groups excluding carboxylic acids is 1. The highest BCUT2D eigenvalue weighted by atomic mass is 32.2. The van der Waals surface area contributed by atoms with Gasteiger partial charge in [0.1, 0.15) is 0 Å². The van der Waals surface area contributed by atoms with E-state index in [9.17, 15) is 9.90 Å². The molecule has 1 aliphatic heterocycles. The molecule has 7 nitrogen and oxygen atoms in total. The lowest BCUT2D eigenvalue weighted by atomic mass is 10.1. The number of thioether (sulfide) groups is 1. The fourth-order valence-electron chi connectivity index (χ4n) is 2.16. The number of piperidine rings is 1. The van der Waals surface area contributed by atoms with Crippen molar-refractivity contribution in [1.82, 2.24) is 25.1 Å². The van der Waals surface area contributed by atoms with Gasteiger partial charge in [-0.1, -0.05) is 11.8 Å². The zero-order chi connectivity index (χ0) is 13.2. The van der Waals surface area contributed by atoms with Crippen LogP contribution in [0.2, 0.25) is 0 Å². The Morgan fingerprint density at radius 3 is 2.74 bits per heavy atom. The van der Waals surface area contributed by atoms with E-state index in [0.29, 0.717) is 37.7 Å². The van der Waals surface area contributed by atoms with Crippen molar-refractivity contribution < 1.29 is 9.90 Å². The maximum atomic E-state index is 12.0. The molecule has 0 radical (unpaired) electrons. The largest absolute Gasteiger partial charge is 0.393 e. The van der Waals surface area contributed by atoms with Crippen molar-refractivity contribution in [3.63, 3.8) is 0 Å². The van der Waals surface area contributed by atoms with Crippen molar-refractivity contribution in [3.8, 4) is 0 Å². The predicted octanol–water partition coefficient (Wildman–Crippen LogP) is 0.0834. The fraction of sp³-hybridized carbons (Fsp3) is 0.818. The first-order valence-electron chi connectivity index (χ1n) is 6.60. The molecule has 0 spiro atoms. The van der Waals surface area contributed by atoms with Crippen molar-refractivity contribution in [1.29, 1.82) is 0 Å². The summed E-state index contributed by atoms with van der Waals surface area (Å²) in [6, 6.07) is 0.428. The third-order valence-corrected chi connectivity index (χ3v) is 4.42. The second-order valence-corrected chi connectivity index (χ2v) is 5.98. The first-order chi connectivity index (χ1) is 9.24. The summed E-state index contributed by atoms with van der Waals surface area (Å²) >= 11 is 1.40. The highest BCUT2D eigenvalue weighted by molar-refractivity contribution is 7.99. The lowest BCUT2D eigenvalue weighted by Gasteiger charge is -2.29. The fourth-order valence-corrected chi connectivity index (χ4v) is 3.01. The van der Waals surface area contributed by atoms with Crippen LogP contribution in [-0.2, 0) is 4.79 Å². The number of aromatic nitrogens is 4. The standard InChI is InChI=1S/C11H17N5O2S/c17-9-3-5-15(6-4-9)10(18)7-19-11-12-13-14-16(11)8-1-2-8/h8-9,17H,1-7H2. The van der Waals surface area contributed by atoms with Crippen molar-refractivity contribution >= 4 is 17.7 Å². The number of nitrogens with zero attached hydrogens (tertiary/aromatic N) is 5. The van der Waals surface area contributed by atoms with Gasteiger partial charge in [0.05, 0.1) is 17.9 Å². The molecule has 1 N–H and O–H groups in total. The van der Waals surface area contributed by atoms with Crippen LogP contribution in [0, 0.1) is 0 Å². The van der Waals surface area contributed by atoms with Gasteiger partial charge in [-0.15, -0.1) is 5.10 Å². The van der Waals surface area contributed by atoms with Crippen LogP contribution in [0.4, 0.5) is 0 Å². The second-order valence-electron chi connectivity index (χ2n) is 5.04. The minimum Gasteiger partial charge on any atom is -0.393 e. The summed E-state index contributed by atoms with van der Waals surface area (Å²) in [5.74, 6) is 0.464. The summed E-state index contributed by atoms with van der Waals surface area (Å²) in [4.78, 5) is 13.9. The van der Waals surface area contributed by atoms with Gasteiger partial charge >= 0.3 is 0 Å². The molecule has 2 aliphatic rings. The van der Waals surface area contributed by atoms with Gasteiger partial charge in [-0.25, -0.2) is 4.68 Å². The monoisotopic (exact) mass is 283 g/mol. The molecule has 104 valence electrons. The van der Waals surface area contributed by atoms with Crippen LogP contribution < -0.4 is 0 Å². The summed E-state index contributed by atoms with van der Waals surface area (Å²) in [6.45, 7) is 1.29. The number of likely N-dealkylation sites (tertiary alicyclic amines) is 1. The van der Waals surface area contributed by atoms with Crippen molar-refractivity contribution in [2.75, 3.05) is 18.8 Å². The first kappa shape index (κ1) is 12.9. The Morgan fingerprint density at radius 1 is 1.32 bits per heavy atom. The third-order valence-electron chi connectivity index (χ3n) is 3.50. The molecule has 3 rings (SSSR count). The van der Waals surface area contributed by atoms with Crippen molar-refractivity contribution in [2.24, 2.45) is 0 Å². The second kappa shape index (κ2) is 5.46. The minimum atomic E-state index is -0.251. The van der Waals surface area contributed by atoms with E-state index >= 15 is 0 Å². The van der Waals surface area contributed by atoms with Crippen LogP contribution >= 0.6 is 11.8 Å². The van der Waals surface area contributed by atoms with Gasteiger partial charge in [-0.05, 0) is 36.1 Å². The van der Waals surface area contributed by atoms with Crippen LogP contribution in [0.3, 0.4) is 0 Å². The summed E-state index contributed by atoms with van der Waals surface area (Å²) in [5, 5.41) is 21.7. The number of amides is 1. The lowest BCUT2D eigenvalue weighted by molar-refractivity contribution is -0.130. The molecule has 1 aromatic heterocycles. The molecule has 0 aromatic carbocycles. The maximum Gasteiger partial charge on any atom is 0.233 e. The highest BCUT2D eigenvalue weighted by Gasteiger charge is 2.28. The molecule has 0 atom stereocenters. The Hall–Kier alpha value is -1.15. The van der Waals surface area contributed by atoms with Gasteiger partial charge in [0, 0.05) is 13.1 Å². The molecule has 2 heterocycles. The van der Waals surface area contributed by atoms with E-state index in [1.54, 1.807) is 0 Å². The Morgan fingerprint density at radius 2 is 2.05 bits per heavy atom. The van der Waals surface area contributed by atoms with Crippen molar-refractivity contribution in [3.05, 3.63) is 0 Å². The van der Waals surface area contributed by atoms with E-state index in [1.165, 1.54) is 11.8 Å². The SMILES string of the molecule is O=C(CSc1nnnn1C1CC1)N1CCC(O)CC1. The molecule has 0 unspecified atom stereocenters. The molecule has 1 aromatic rings. The summed E-state index contributed by atoms with van der Waals surface area (Å²) in [7, 11) is 0. The van der Waals surface area contributed by atoms with Crippen LogP contribution in [0.1, 0.15) is 31.7 Å². The molecule has 8 heteroatoms. The van der Waals surface area contributed by atoms with E-state index < -0.39 is 0 Å². The van der Waals surface area contributed by atoms with Gasteiger partial charge in [-0.3, -0.25) is 4.79 Å². The zero-order valence-corrected chi connectivity index (χ0v) is 11.4. The number of hydrogen-bond donors (Lipinski definition) is 1. The van der Waals surface area contributed by atoms with Crippen molar-refractivity contribution in [2.45, 2.75) is 43.0 Å². The average Bonchev–Trinajstić information content (AvgIpc) is 3.16. The Kier molecular flexibility index (Phi) is 3.69. The molecule has 1 amide bonds. The first-order valence-corrected chi connectivity index (χ1v) is 7.59. The van der Waals surface area contributed by atoms with E-state index in [1.807, 2.05) is 9.58 Å². The Balaban J connectivity index is 1.51. The molecule has 2 fully saturated rings. The number of aliphatic hydroxyl groups excluding tert-OH is 1. The maximum absolute atomic E-state index is 12.0. The van der Waals surface area contributed by atoms with E-state index in [2.05, 4.69) is 15.5 Å². The zero-order valence-electron chi connectivity index (χ0n) is 10.6. The lowest BCUT2D eigenvalue weighted by Crippen LogP contribution is -2.40. The van der Waals surface area contributed by atoms with Crippen LogP contribution in [-0.4, -0.2) is 61.1 Å². The van der Waals surface area contributed by atoms with E-state index in [0.717, 1.165) is 18.0 Å². The minimum absolute atomic E-state index is 0.0993. The van der Waals surface area contributed by atoms with Crippen LogP contribution in [0.15, 0.2) is 5.16 Å². The van der Waals surface area contributed by atoms with Crippen LogP contribution in [0.25, 0.3) is 0 Å². The molecular weight excluding hydrogens is 266 g/mol. The quantitative estimate of drug-likeness (QED) is 0.788. The number of tetrazole rings is 1. The molecule has 1 saturated carbocycles. The van der Waals surface area contributed by atoms with Gasteiger partial charge in [0.15, 0.2) is 0 Å².